The molecule has 5 heterocycles. The van der Waals surface area contributed by atoms with Crippen LogP contribution in [0.3, 0.4) is 0 Å². The van der Waals surface area contributed by atoms with Crippen LogP contribution >= 0.6 is 0 Å². The van der Waals surface area contributed by atoms with E-state index in [9.17, 15) is 0 Å². The van der Waals surface area contributed by atoms with Gasteiger partial charge >= 0.3 is 0 Å². The highest BCUT2D eigenvalue weighted by atomic mass is 16.5. The monoisotopic (exact) mass is 453 g/mol. The lowest BCUT2D eigenvalue weighted by Gasteiger charge is -2.35. The molecule has 0 atom stereocenters. The summed E-state index contributed by atoms with van der Waals surface area (Å²) in [6, 6.07) is 17.0. The fourth-order valence-electron chi connectivity index (χ4n) is 4.72. The summed E-state index contributed by atoms with van der Waals surface area (Å²) in [5.74, 6) is 1.80. The minimum absolute atomic E-state index is 0.596. The van der Waals surface area contributed by atoms with E-state index in [0.717, 1.165) is 72.0 Å². The first kappa shape index (κ1) is 20.7. The third-order valence-electron chi connectivity index (χ3n) is 6.42. The number of pyridine rings is 2. The molecule has 1 aliphatic heterocycles. The summed E-state index contributed by atoms with van der Waals surface area (Å²) in [5, 5.41) is 12.7. The molecular formula is C26H27N7O. The van der Waals surface area contributed by atoms with E-state index in [4.69, 9.17) is 9.72 Å². The van der Waals surface area contributed by atoms with Gasteiger partial charge in [0.05, 0.1) is 29.9 Å². The maximum Gasteiger partial charge on any atom is 0.178 e. The van der Waals surface area contributed by atoms with Crippen LogP contribution in [0, 0.1) is 0 Å². The first-order valence-corrected chi connectivity index (χ1v) is 11.7. The van der Waals surface area contributed by atoms with Crippen LogP contribution in [0.15, 0.2) is 67.1 Å². The Morgan fingerprint density at radius 2 is 1.85 bits per heavy atom. The largest absolute Gasteiger partial charge is 0.492 e. The Hall–Kier alpha value is -3.91. The quantitative estimate of drug-likeness (QED) is 0.419. The molecule has 1 aromatic carbocycles. The highest BCUT2D eigenvalue weighted by Gasteiger charge is 2.19. The molecule has 1 fully saturated rings. The summed E-state index contributed by atoms with van der Waals surface area (Å²) in [6.07, 6.45) is 5.68. The number of aromatic amines is 1. The number of hydrogen-bond acceptors (Lipinski definition) is 6. The lowest BCUT2D eigenvalue weighted by Crippen LogP contribution is -2.46. The van der Waals surface area contributed by atoms with Crippen molar-refractivity contribution < 1.29 is 4.74 Å². The SMILES string of the molecule is CCOc1cc(-c2ccc(N3CCN(Cc4ccccc4)CC3)nc2)c2c3cn[nH]c3nn2c1. The van der Waals surface area contributed by atoms with Crippen molar-refractivity contribution in [1.82, 2.24) is 29.7 Å². The van der Waals surface area contributed by atoms with Crippen LogP contribution in [0.1, 0.15) is 12.5 Å². The van der Waals surface area contributed by atoms with Crippen molar-refractivity contribution in [2.75, 3.05) is 37.7 Å². The molecule has 8 nitrogen and oxygen atoms in total. The molecule has 1 saturated heterocycles. The molecule has 1 N–H and O–H groups in total. The predicted octanol–water partition coefficient (Wildman–Crippen LogP) is 3.99. The molecule has 0 bridgehead atoms. The average molecular weight is 454 g/mol. The maximum absolute atomic E-state index is 5.80. The van der Waals surface area contributed by atoms with Crippen molar-refractivity contribution in [3.63, 3.8) is 0 Å². The normalized spacial score (nSPS) is 14.8. The molecule has 6 rings (SSSR count). The highest BCUT2D eigenvalue weighted by Crippen LogP contribution is 2.33. The van der Waals surface area contributed by atoms with Gasteiger partial charge in [0.25, 0.3) is 0 Å². The number of nitrogens with one attached hydrogen (secondary N) is 1. The van der Waals surface area contributed by atoms with E-state index in [1.165, 1.54) is 5.56 Å². The van der Waals surface area contributed by atoms with E-state index >= 15 is 0 Å². The summed E-state index contributed by atoms with van der Waals surface area (Å²) in [6.45, 7) is 7.59. The molecule has 0 saturated carbocycles. The van der Waals surface area contributed by atoms with Crippen LogP contribution in [0.5, 0.6) is 5.75 Å². The van der Waals surface area contributed by atoms with E-state index in [2.05, 4.69) is 73.6 Å². The Balaban J connectivity index is 1.23. The van der Waals surface area contributed by atoms with Gasteiger partial charge in [-0.3, -0.25) is 10.00 Å². The second-order valence-corrected chi connectivity index (χ2v) is 8.60. The lowest BCUT2D eigenvalue weighted by atomic mass is 10.1. The van der Waals surface area contributed by atoms with Gasteiger partial charge in [0.1, 0.15) is 11.6 Å². The zero-order valence-electron chi connectivity index (χ0n) is 19.2. The Bertz CT molecular complexity index is 1400. The zero-order valence-corrected chi connectivity index (χ0v) is 19.2. The van der Waals surface area contributed by atoms with Gasteiger partial charge in [-0.2, -0.15) is 5.10 Å². The smallest absolute Gasteiger partial charge is 0.178 e. The number of anilines is 1. The van der Waals surface area contributed by atoms with E-state index in [0.29, 0.717) is 6.61 Å². The van der Waals surface area contributed by atoms with E-state index in [1.54, 1.807) is 0 Å². The van der Waals surface area contributed by atoms with Gasteiger partial charge in [-0.15, -0.1) is 5.10 Å². The summed E-state index contributed by atoms with van der Waals surface area (Å²) < 4.78 is 7.66. The third kappa shape index (κ3) is 3.86. The van der Waals surface area contributed by atoms with Gasteiger partial charge in [0.2, 0.25) is 0 Å². The molecule has 34 heavy (non-hydrogen) atoms. The van der Waals surface area contributed by atoms with Crippen molar-refractivity contribution in [1.29, 1.82) is 0 Å². The fourth-order valence-corrected chi connectivity index (χ4v) is 4.72. The lowest BCUT2D eigenvalue weighted by molar-refractivity contribution is 0.249. The molecule has 172 valence electrons. The Kier molecular flexibility index (Phi) is 5.35. The number of hydrogen-bond donors (Lipinski definition) is 1. The average Bonchev–Trinajstić information content (AvgIpc) is 3.46. The van der Waals surface area contributed by atoms with Crippen LogP contribution in [0.25, 0.3) is 27.7 Å². The number of nitrogens with zero attached hydrogens (tertiary/aromatic N) is 6. The number of ether oxygens (including phenoxy) is 1. The number of rotatable bonds is 6. The summed E-state index contributed by atoms with van der Waals surface area (Å²) in [7, 11) is 0. The molecule has 0 unspecified atom stereocenters. The summed E-state index contributed by atoms with van der Waals surface area (Å²) >= 11 is 0. The van der Waals surface area contributed by atoms with E-state index in [1.807, 2.05) is 30.0 Å². The number of benzene rings is 1. The molecular weight excluding hydrogens is 426 g/mol. The van der Waals surface area contributed by atoms with Gasteiger partial charge in [0, 0.05) is 50.0 Å². The van der Waals surface area contributed by atoms with Crippen molar-refractivity contribution in [2.24, 2.45) is 0 Å². The molecule has 0 spiro atoms. The van der Waals surface area contributed by atoms with Gasteiger partial charge in [0.15, 0.2) is 5.65 Å². The Morgan fingerprint density at radius 1 is 1.00 bits per heavy atom. The number of H-pyrrole nitrogens is 1. The Labute approximate surface area is 197 Å². The van der Waals surface area contributed by atoms with Crippen molar-refractivity contribution in [3.05, 3.63) is 72.7 Å². The third-order valence-corrected chi connectivity index (χ3v) is 6.42. The van der Waals surface area contributed by atoms with Gasteiger partial charge in [-0.1, -0.05) is 30.3 Å². The maximum atomic E-state index is 5.80. The van der Waals surface area contributed by atoms with Crippen molar-refractivity contribution in [3.8, 4) is 16.9 Å². The molecule has 0 amide bonds. The standard InChI is InChI=1S/C26H27N7O/c1-2-34-21-14-22(25-23-16-28-29-26(23)30-33(25)18-21)20-8-9-24(27-15-20)32-12-10-31(11-13-32)17-19-6-4-3-5-7-19/h3-9,14-16,18H,2,10-13,17H2,1H3,(H,29,30). The minimum atomic E-state index is 0.596. The fraction of sp³-hybridized carbons (Fsp3) is 0.269. The first-order valence-electron chi connectivity index (χ1n) is 11.7. The zero-order chi connectivity index (χ0) is 22.9. The second kappa shape index (κ2) is 8.79. The Morgan fingerprint density at radius 3 is 2.62 bits per heavy atom. The van der Waals surface area contributed by atoms with Gasteiger partial charge in [-0.05, 0) is 30.7 Å². The number of fused-ring (bicyclic) bond motifs is 3. The van der Waals surface area contributed by atoms with Gasteiger partial charge < -0.3 is 9.64 Å². The van der Waals surface area contributed by atoms with Crippen molar-refractivity contribution >= 4 is 22.4 Å². The van der Waals surface area contributed by atoms with Crippen LogP contribution < -0.4 is 9.64 Å². The molecule has 0 aliphatic carbocycles. The first-order chi connectivity index (χ1) is 16.8. The highest BCUT2D eigenvalue weighted by molar-refractivity contribution is 6.00. The summed E-state index contributed by atoms with van der Waals surface area (Å²) in [5.41, 5.74) is 5.18. The molecule has 0 radical (unpaired) electrons. The molecule has 5 aromatic rings. The number of piperazine rings is 1. The minimum Gasteiger partial charge on any atom is -0.492 e. The van der Waals surface area contributed by atoms with E-state index < -0.39 is 0 Å². The van der Waals surface area contributed by atoms with Crippen LogP contribution in [-0.4, -0.2) is 62.5 Å². The molecule has 1 aliphatic rings. The second-order valence-electron chi connectivity index (χ2n) is 8.60. The molecule has 8 heteroatoms. The molecule has 4 aromatic heterocycles. The predicted molar refractivity (Wildman–Crippen MR) is 133 cm³/mol. The van der Waals surface area contributed by atoms with Crippen molar-refractivity contribution in [2.45, 2.75) is 13.5 Å². The topological polar surface area (TPSA) is 74.6 Å². The van der Waals surface area contributed by atoms with E-state index in [-0.39, 0.29) is 0 Å². The summed E-state index contributed by atoms with van der Waals surface area (Å²) in [4.78, 5) is 9.71. The number of aromatic nitrogens is 5. The van der Waals surface area contributed by atoms with Crippen LogP contribution in [0.4, 0.5) is 5.82 Å². The van der Waals surface area contributed by atoms with Crippen LogP contribution in [0.2, 0.25) is 0 Å². The van der Waals surface area contributed by atoms with Gasteiger partial charge in [-0.25, -0.2) is 9.50 Å². The van der Waals surface area contributed by atoms with Crippen LogP contribution in [-0.2, 0) is 6.54 Å².